The third-order valence-electron chi connectivity index (χ3n) is 4.64. The summed E-state index contributed by atoms with van der Waals surface area (Å²) in [5.74, 6) is 0.818. The van der Waals surface area contributed by atoms with Crippen LogP contribution >= 0.6 is 15.9 Å². The van der Waals surface area contributed by atoms with Gasteiger partial charge in [-0.25, -0.2) is 0 Å². The topological polar surface area (TPSA) is 41.6 Å². The van der Waals surface area contributed by atoms with Gasteiger partial charge in [-0.05, 0) is 54.5 Å². The van der Waals surface area contributed by atoms with Gasteiger partial charge in [0.1, 0.15) is 0 Å². The summed E-state index contributed by atoms with van der Waals surface area (Å²) >= 11 is 3.61. The van der Waals surface area contributed by atoms with Gasteiger partial charge in [-0.3, -0.25) is 4.68 Å². The van der Waals surface area contributed by atoms with Gasteiger partial charge < -0.3 is 0 Å². The maximum atomic E-state index is 9.66. The fraction of sp³-hybridized carbons (Fsp3) is 0.733. The summed E-state index contributed by atoms with van der Waals surface area (Å²) in [4.78, 5) is 0. The van der Waals surface area contributed by atoms with Gasteiger partial charge in [0.05, 0.1) is 27.3 Å². The molecule has 3 nitrogen and oxygen atoms in total. The molecule has 19 heavy (non-hydrogen) atoms. The number of halogens is 1. The van der Waals surface area contributed by atoms with Crippen LogP contribution in [0.4, 0.5) is 0 Å². The van der Waals surface area contributed by atoms with E-state index in [0.29, 0.717) is 0 Å². The second-order valence-corrected chi connectivity index (χ2v) is 6.68. The summed E-state index contributed by atoms with van der Waals surface area (Å²) < 4.78 is 2.99. The SMILES string of the molecule is CCC1CCC(C#N)(Cc2c(Br)c(C)nn2C)CC1. The molecule has 2 rings (SSSR count). The molecule has 0 spiro atoms. The highest BCUT2D eigenvalue weighted by atomic mass is 79.9. The largest absolute Gasteiger partial charge is 0.271 e. The lowest BCUT2D eigenvalue weighted by Gasteiger charge is -2.34. The van der Waals surface area contributed by atoms with E-state index in [0.717, 1.165) is 41.0 Å². The van der Waals surface area contributed by atoms with Crippen LogP contribution in [0.1, 0.15) is 50.4 Å². The molecule has 1 heterocycles. The molecular weight excluding hydrogens is 302 g/mol. The molecule has 4 heteroatoms. The number of hydrogen-bond acceptors (Lipinski definition) is 2. The van der Waals surface area contributed by atoms with E-state index in [1.165, 1.54) is 19.3 Å². The zero-order valence-corrected chi connectivity index (χ0v) is 13.6. The van der Waals surface area contributed by atoms with E-state index in [4.69, 9.17) is 0 Å². The van der Waals surface area contributed by atoms with Gasteiger partial charge >= 0.3 is 0 Å². The third kappa shape index (κ3) is 2.86. The Balaban J connectivity index is 2.18. The van der Waals surface area contributed by atoms with Gasteiger partial charge in [-0.1, -0.05) is 13.3 Å². The van der Waals surface area contributed by atoms with Gasteiger partial charge in [0, 0.05) is 13.5 Å². The van der Waals surface area contributed by atoms with Crippen molar-refractivity contribution in [1.82, 2.24) is 9.78 Å². The molecule has 0 aliphatic heterocycles. The lowest BCUT2D eigenvalue weighted by atomic mass is 9.68. The van der Waals surface area contributed by atoms with Crippen LogP contribution in [-0.4, -0.2) is 9.78 Å². The Bertz CT molecular complexity index is 490. The van der Waals surface area contributed by atoms with Crippen molar-refractivity contribution in [2.45, 2.75) is 52.4 Å². The van der Waals surface area contributed by atoms with Crippen LogP contribution in [0.15, 0.2) is 4.47 Å². The molecule has 0 atom stereocenters. The minimum atomic E-state index is -0.186. The van der Waals surface area contributed by atoms with Crippen LogP contribution < -0.4 is 0 Å². The van der Waals surface area contributed by atoms with E-state index in [9.17, 15) is 5.26 Å². The average molecular weight is 324 g/mol. The first-order chi connectivity index (χ1) is 9.01. The lowest BCUT2D eigenvalue weighted by molar-refractivity contribution is 0.202. The lowest BCUT2D eigenvalue weighted by Crippen LogP contribution is -2.29. The van der Waals surface area contributed by atoms with E-state index in [1.807, 2.05) is 18.7 Å². The summed E-state index contributed by atoms with van der Waals surface area (Å²) in [6, 6.07) is 2.61. The predicted octanol–water partition coefficient (Wildman–Crippen LogP) is 4.14. The van der Waals surface area contributed by atoms with Crippen molar-refractivity contribution in [3.05, 3.63) is 15.9 Å². The number of hydrogen-bond donors (Lipinski definition) is 0. The first-order valence-corrected chi connectivity index (χ1v) is 7.90. The van der Waals surface area contributed by atoms with Gasteiger partial charge in [-0.15, -0.1) is 0 Å². The zero-order valence-electron chi connectivity index (χ0n) is 12.0. The quantitative estimate of drug-likeness (QED) is 0.838. The van der Waals surface area contributed by atoms with Crippen molar-refractivity contribution in [3.63, 3.8) is 0 Å². The highest BCUT2D eigenvalue weighted by Gasteiger charge is 2.36. The molecule has 0 unspecified atom stereocenters. The van der Waals surface area contributed by atoms with Gasteiger partial charge in [0.2, 0.25) is 0 Å². The smallest absolute Gasteiger partial charge is 0.0738 e. The Hall–Kier alpha value is -0.820. The molecule has 1 saturated carbocycles. The van der Waals surface area contributed by atoms with Crippen LogP contribution in [0.5, 0.6) is 0 Å². The Kier molecular flexibility index (Phi) is 4.35. The fourth-order valence-corrected chi connectivity index (χ4v) is 3.64. The highest BCUT2D eigenvalue weighted by molar-refractivity contribution is 9.10. The van der Waals surface area contributed by atoms with Gasteiger partial charge in [0.25, 0.3) is 0 Å². The molecule has 1 aromatic rings. The van der Waals surface area contributed by atoms with Crippen LogP contribution in [0.25, 0.3) is 0 Å². The van der Waals surface area contributed by atoms with Crippen LogP contribution in [0.2, 0.25) is 0 Å². The van der Waals surface area contributed by atoms with E-state index < -0.39 is 0 Å². The normalized spacial score (nSPS) is 27.2. The van der Waals surface area contributed by atoms with Crippen molar-refractivity contribution in [3.8, 4) is 6.07 Å². The summed E-state index contributed by atoms with van der Waals surface area (Å²) in [6.07, 6.45) is 6.50. The van der Waals surface area contributed by atoms with Crippen LogP contribution in [-0.2, 0) is 13.5 Å². The Morgan fingerprint density at radius 1 is 1.47 bits per heavy atom. The first kappa shape index (κ1) is 14.6. The molecule has 0 amide bonds. The highest BCUT2D eigenvalue weighted by Crippen LogP contribution is 2.43. The number of rotatable bonds is 3. The molecular formula is C15H22BrN3. The standard InChI is InChI=1S/C15H22BrN3/c1-4-12-5-7-15(10-17,8-6-12)9-13-14(16)11(2)18-19(13)3/h12H,4-9H2,1-3H3. The summed E-state index contributed by atoms with van der Waals surface area (Å²) in [5.41, 5.74) is 1.98. The fourth-order valence-electron chi connectivity index (χ4n) is 3.16. The number of nitrogens with zero attached hydrogens (tertiary/aromatic N) is 3. The van der Waals surface area contributed by atoms with E-state index >= 15 is 0 Å². The van der Waals surface area contributed by atoms with Gasteiger partial charge in [-0.2, -0.15) is 10.4 Å². The molecule has 0 bridgehead atoms. The molecule has 0 N–H and O–H groups in total. The maximum absolute atomic E-state index is 9.66. The van der Waals surface area contributed by atoms with Crippen molar-refractivity contribution in [1.29, 1.82) is 5.26 Å². The van der Waals surface area contributed by atoms with E-state index in [2.05, 4.69) is 34.0 Å². The molecule has 0 saturated heterocycles. The summed E-state index contributed by atoms with van der Waals surface area (Å²) in [7, 11) is 1.97. The Labute approximate surface area is 124 Å². The Morgan fingerprint density at radius 3 is 2.53 bits per heavy atom. The van der Waals surface area contributed by atoms with E-state index in [1.54, 1.807) is 0 Å². The van der Waals surface area contributed by atoms with Crippen molar-refractivity contribution in [2.24, 2.45) is 18.4 Å². The minimum Gasteiger partial charge on any atom is -0.271 e. The summed E-state index contributed by atoms with van der Waals surface area (Å²) in [5, 5.41) is 14.1. The zero-order chi connectivity index (χ0) is 14.0. The third-order valence-corrected chi connectivity index (χ3v) is 5.68. The van der Waals surface area contributed by atoms with Crippen LogP contribution in [0, 0.1) is 29.6 Å². The molecule has 1 aliphatic carbocycles. The first-order valence-electron chi connectivity index (χ1n) is 7.10. The molecule has 1 fully saturated rings. The second-order valence-electron chi connectivity index (χ2n) is 5.89. The number of nitriles is 1. The average Bonchev–Trinajstić information content (AvgIpc) is 2.66. The van der Waals surface area contributed by atoms with Crippen molar-refractivity contribution >= 4 is 15.9 Å². The van der Waals surface area contributed by atoms with Crippen molar-refractivity contribution in [2.75, 3.05) is 0 Å². The van der Waals surface area contributed by atoms with Gasteiger partial charge in [0.15, 0.2) is 0 Å². The monoisotopic (exact) mass is 323 g/mol. The van der Waals surface area contributed by atoms with Crippen molar-refractivity contribution < 1.29 is 0 Å². The van der Waals surface area contributed by atoms with Crippen LogP contribution in [0.3, 0.4) is 0 Å². The molecule has 0 aromatic carbocycles. The molecule has 1 aliphatic rings. The van der Waals surface area contributed by atoms with E-state index in [-0.39, 0.29) is 5.41 Å². The predicted molar refractivity (Wildman–Crippen MR) is 79.6 cm³/mol. The molecule has 1 aromatic heterocycles. The minimum absolute atomic E-state index is 0.186. The second kappa shape index (κ2) is 5.66. The molecule has 104 valence electrons. The number of aromatic nitrogens is 2. The Morgan fingerprint density at radius 2 is 2.11 bits per heavy atom. The number of aryl methyl sites for hydroxylation is 2. The summed E-state index contributed by atoms with van der Waals surface area (Å²) in [6.45, 7) is 4.26. The molecule has 0 radical (unpaired) electrons. The maximum Gasteiger partial charge on any atom is 0.0738 e.